The van der Waals surface area contributed by atoms with Crippen LogP contribution in [0.5, 0.6) is 0 Å². The summed E-state index contributed by atoms with van der Waals surface area (Å²) < 4.78 is 1.85. The number of nitrogens with one attached hydrogen (secondary N) is 1. The second-order valence-corrected chi connectivity index (χ2v) is 4.11. The Kier molecular flexibility index (Phi) is 4.57. The predicted octanol–water partition coefficient (Wildman–Crippen LogP) is 1.35. The zero-order chi connectivity index (χ0) is 10.4. The molecule has 0 fully saturated rings. The average molecular weight is 209 g/mol. The number of hydrogen-bond donors (Lipinski definition) is 1. The Morgan fingerprint density at radius 2 is 2.43 bits per heavy atom. The molecule has 0 amide bonds. The smallest absolute Gasteiger partial charge is 0.120 e. The van der Waals surface area contributed by atoms with Crippen molar-refractivity contribution in [3.8, 4) is 6.07 Å². The molecule has 1 rings (SSSR count). The van der Waals surface area contributed by atoms with Gasteiger partial charge in [0, 0.05) is 32.1 Å². The highest BCUT2D eigenvalue weighted by Crippen LogP contribution is 2.05. The van der Waals surface area contributed by atoms with Crippen LogP contribution < -0.4 is 5.32 Å². The lowest BCUT2D eigenvalue weighted by molar-refractivity contribution is 0.730. The van der Waals surface area contributed by atoms with Crippen molar-refractivity contribution in [2.45, 2.75) is 6.54 Å². The van der Waals surface area contributed by atoms with Crippen molar-refractivity contribution in [1.82, 2.24) is 9.88 Å². The summed E-state index contributed by atoms with van der Waals surface area (Å²) in [6.07, 6.45) is 4.09. The fourth-order valence-corrected chi connectivity index (χ4v) is 1.60. The van der Waals surface area contributed by atoms with Gasteiger partial charge in [0.25, 0.3) is 0 Å². The molecule has 1 N–H and O–H groups in total. The molecule has 1 aromatic heterocycles. The highest BCUT2D eigenvalue weighted by molar-refractivity contribution is 7.98. The normalized spacial score (nSPS) is 10.1. The Balaban J connectivity index is 2.40. The van der Waals surface area contributed by atoms with Gasteiger partial charge < -0.3 is 9.88 Å². The topological polar surface area (TPSA) is 40.8 Å². The van der Waals surface area contributed by atoms with Crippen LogP contribution in [0.2, 0.25) is 0 Å². The summed E-state index contributed by atoms with van der Waals surface area (Å²) in [5.41, 5.74) is 1.89. The minimum Gasteiger partial charge on any atom is -0.342 e. The second kappa shape index (κ2) is 5.74. The molecule has 0 aromatic carbocycles. The molecule has 0 spiro atoms. The Morgan fingerprint density at radius 1 is 1.64 bits per heavy atom. The number of nitriles is 1. The maximum Gasteiger partial charge on any atom is 0.120 e. The van der Waals surface area contributed by atoms with Crippen molar-refractivity contribution in [2.24, 2.45) is 7.05 Å². The van der Waals surface area contributed by atoms with Crippen LogP contribution in [-0.4, -0.2) is 23.1 Å². The Morgan fingerprint density at radius 3 is 3.00 bits per heavy atom. The van der Waals surface area contributed by atoms with Crippen LogP contribution >= 0.6 is 11.8 Å². The van der Waals surface area contributed by atoms with Crippen LogP contribution in [0.4, 0.5) is 0 Å². The van der Waals surface area contributed by atoms with Gasteiger partial charge in [0.05, 0.1) is 0 Å². The second-order valence-electron chi connectivity index (χ2n) is 3.13. The number of aromatic nitrogens is 1. The first kappa shape index (κ1) is 11.2. The maximum absolute atomic E-state index is 8.75. The van der Waals surface area contributed by atoms with Crippen molar-refractivity contribution < 1.29 is 0 Å². The first-order valence-corrected chi connectivity index (χ1v) is 5.92. The predicted molar refractivity (Wildman–Crippen MR) is 60.2 cm³/mol. The molecule has 0 bridgehead atoms. The molecule has 0 atom stereocenters. The molecule has 0 saturated carbocycles. The standard InChI is InChI=1S/C10H15N3S/c1-13-8-9(5-10(13)6-11)7-12-3-4-14-2/h5,8,12H,3-4,7H2,1-2H3. The molecule has 1 heterocycles. The number of rotatable bonds is 5. The third-order valence-corrected chi connectivity index (χ3v) is 2.60. The zero-order valence-corrected chi connectivity index (χ0v) is 9.40. The summed E-state index contributed by atoms with van der Waals surface area (Å²) in [6.45, 7) is 1.86. The van der Waals surface area contributed by atoms with E-state index in [0.29, 0.717) is 5.69 Å². The van der Waals surface area contributed by atoms with Crippen molar-refractivity contribution >= 4 is 11.8 Å². The summed E-state index contributed by atoms with van der Waals surface area (Å²) in [5.74, 6) is 1.12. The van der Waals surface area contributed by atoms with Gasteiger partial charge in [-0.05, 0) is 17.9 Å². The van der Waals surface area contributed by atoms with Gasteiger partial charge >= 0.3 is 0 Å². The zero-order valence-electron chi connectivity index (χ0n) is 8.58. The molecule has 0 aliphatic rings. The van der Waals surface area contributed by atoms with E-state index < -0.39 is 0 Å². The number of aryl methyl sites for hydroxylation is 1. The highest BCUT2D eigenvalue weighted by Gasteiger charge is 2.00. The van der Waals surface area contributed by atoms with Gasteiger partial charge in [0.15, 0.2) is 0 Å². The van der Waals surface area contributed by atoms with Gasteiger partial charge in [-0.1, -0.05) is 0 Å². The highest BCUT2D eigenvalue weighted by atomic mass is 32.2. The molecule has 0 unspecified atom stereocenters. The quantitative estimate of drug-likeness (QED) is 0.744. The number of nitrogens with zero attached hydrogens (tertiary/aromatic N) is 2. The molecule has 0 aliphatic heterocycles. The van der Waals surface area contributed by atoms with Gasteiger partial charge in [0.1, 0.15) is 11.8 Å². The lowest BCUT2D eigenvalue weighted by Gasteiger charge is -2.00. The van der Waals surface area contributed by atoms with Gasteiger partial charge in [0.2, 0.25) is 0 Å². The average Bonchev–Trinajstić information content (AvgIpc) is 2.54. The van der Waals surface area contributed by atoms with Crippen molar-refractivity contribution in [2.75, 3.05) is 18.6 Å². The largest absolute Gasteiger partial charge is 0.342 e. The SMILES string of the molecule is CSCCNCc1cc(C#N)n(C)c1. The molecule has 0 aliphatic carbocycles. The van der Waals surface area contributed by atoms with Crippen LogP contribution in [-0.2, 0) is 13.6 Å². The van der Waals surface area contributed by atoms with Crippen LogP contribution in [0, 0.1) is 11.3 Å². The van der Waals surface area contributed by atoms with E-state index in [1.54, 1.807) is 0 Å². The van der Waals surface area contributed by atoms with Gasteiger partial charge in [-0.2, -0.15) is 17.0 Å². The minimum absolute atomic E-state index is 0.715. The summed E-state index contributed by atoms with van der Waals surface area (Å²) in [5, 5.41) is 12.1. The molecule has 3 nitrogen and oxygen atoms in total. The lowest BCUT2D eigenvalue weighted by Crippen LogP contribution is -2.15. The van der Waals surface area contributed by atoms with E-state index >= 15 is 0 Å². The van der Waals surface area contributed by atoms with Gasteiger partial charge in [-0.25, -0.2) is 0 Å². The summed E-state index contributed by atoms with van der Waals surface area (Å²) in [6, 6.07) is 4.07. The maximum atomic E-state index is 8.75. The van der Waals surface area contributed by atoms with Crippen molar-refractivity contribution in [3.63, 3.8) is 0 Å². The van der Waals surface area contributed by atoms with E-state index in [-0.39, 0.29) is 0 Å². The Hall–Kier alpha value is -0.920. The molecule has 4 heteroatoms. The molecule has 0 saturated heterocycles. The Bertz CT molecular complexity index is 325. The monoisotopic (exact) mass is 209 g/mol. The molecule has 0 radical (unpaired) electrons. The number of thioether (sulfide) groups is 1. The molecule has 14 heavy (non-hydrogen) atoms. The van der Waals surface area contributed by atoms with Crippen molar-refractivity contribution in [3.05, 3.63) is 23.5 Å². The first-order chi connectivity index (χ1) is 6.77. The lowest BCUT2D eigenvalue weighted by atomic mass is 10.3. The first-order valence-electron chi connectivity index (χ1n) is 4.53. The van der Waals surface area contributed by atoms with Gasteiger partial charge in [-0.15, -0.1) is 0 Å². The number of hydrogen-bond acceptors (Lipinski definition) is 3. The van der Waals surface area contributed by atoms with Crippen molar-refractivity contribution in [1.29, 1.82) is 5.26 Å². The summed E-state index contributed by atoms with van der Waals surface area (Å²) >= 11 is 1.83. The summed E-state index contributed by atoms with van der Waals surface area (Å²) in [7, 11) is 1.89. The van der Waals surface area contributed by atoms with E-state index in [1.807, 2.05) is 35.6 Å². The summed E-state index contributed by atoms with van der Waals surface area (Å²) in [4.78, 5) is 0. The minimum atomic E-state index is 0.715. The van der Waals surface area contributed by atoms with Crippen LogP contribution in [0.1, 0.15) is 11.3 Å². The van der Waals surface area contributed by atoms with E-state index in [2.05, 4.69) is 17.6 Å². The third-order valence-electron chi connectivity index (χ3n) is 1.99. The third kappa shape index (κ3) is 3.09. The van der Waals surface area contributed by atoms with E-state index in [0.717, 1.165) is 18.8 Å². The fourth-order valence-electron chi connectivity index (χ4n) is 1.25. The molecular weight excluding hydrogens is 194 g/mol. The van der Waals surface area contributed by atoms with Gasteiger partial charge in [-0.3, -0.25) is 0 Å². The molecular formula is C10H15N3S. The van der Waals surface area contributed by atoms with E-state index in [9.17, 15) is 0 Å². The fraction of sp³-hybridized carbons (Fsp3) is 0.500. The van der Waals surface area contributed by atoms with Crippen LogP contribution in [0.3, 0.4) is 0 Å². The van der Waals surface area contributed by atoms with Crippen LogP contribution in [0.25, 0.3) is 0 Å². The Labute approximate surface area is 89.1 Å². The van der Waals surface area contributed by atoms with E-state index in [4.69, 9.17) is 5.26 Å². The molecule has 76 valence electrons. The molecule has 1 aromatic rings. The van der Waals surface area contributed by atoms with Crippen LogP contribution in [0.15, 0.2) is 12.3 Å². The van der Waals surface area contributed by atoms with E-state index in [1.165, 1.54) is 5.56 Å².